The van der Waals surface area contributed by atoms with E-state index >= 15 is 0 Å². The molecule has 1 heterocycles. The Morgan fingerprint density at radius 2 is 2.18 bits per heavy atom. The average Bonchev–Trinajstić information content (AvgIpc) is 2.83. The number of nitrogens with one attached hydrogen (secondary N) is 1. The third kappa shape index (κ3) is 2.36. The minimum atomic E-state index is -0.964. The lowest BCUT2D eigenvalue weighted by Crippen LogP contribution is -2.10. The smallest absolute Gasteiger partial charge is 0.183 e. The standard InChI is InChI=1S/C11H11F2N3S/c1-6(11-15-4-5-17-11)16-10-8(14)3-2-7(12)9(10)13/h2-6,16H,14H2,1H3. The fourth-order valence-electron chi connectivity index (χ4n) is 1.44. The number of nitrogens with two attached hydrogens (primary N) is 1. The molecule has 2 rings (SSSR count). The molecule has 1 atom stereocenters. The number of benzene rings is 1. The molecule has 0 aliphatic heterocycles. The van der Waals surface area contributed by atoms with Gasteiger partial charge in [-0.1, -0.05) is 0 Å². The van der Waals surface area contributed by atoms with Crippen LogP contribution in [0.25, 0.3) is 0 Å². The largest absolute Gasteiger partial charge is 0.397 e. The maximum Gasteiger partial charge on any atom is 0.183 e. The van der Waals surface area contributed by atoms with Gasteiger partial charge >= 0.3 is 0 Å². The first-order valence-electron chi connectivity index (χ1n) is 4.99. The summed E-state index contributed by atoms with van der Waals surface area (Å²) in [5, 5.41) is 5.43. The molecule has 3 N–H and O–H groups in total. The maximum absolute atomic E-state index is 13.5. The lowest BCUT2D eigenvalue weighted by Gasteiger charge is -2.15. The number of aromatic nitrogens is 1. The molecule has 17 heavy (non-hydrogen) atoms. The van der Waals surface area contributed by atoms with Crippen molar-refractivity contribution in [1.82, 2.24) is 4.98 Å². The number of hydrogen-bond acceptors (Lipinski definition) is 4. The average molecular weight is 255 g/mol. The zero-order valence-electron chi connectivity index (χ0n) is 9.08. The molecule has 0 radical (unpaired) electrons. The molecule has 6 heteroatoms. The fourth-order valence-corrected chi connectivity index (χ4v) is 2.08. The SMILES string of the molecule is CC(Nc1c(N)ccc(F)c1F)c1nccs1. The first kappa shape index (κ1) is 11.8. The van der Waals surface area contributed by atoms with Crippen LogP contribution in [-0.4, -0.2) is 4.98 Å². The summed E-state index contributed by atoms with van der Waals surface area (Å²) >= 11 is 1.44. The Balaban J connectivity index is 2.27. The van der Waals surface area contributed by atoms with Crippen LogP contribution >= 0.6 is 11.3 Å². The second kappa shape index (κ2) is 4.67. The van der Waals surface area contributed by atoms with Gasteiger partial charge in [0.15, 0.2) is 11.6 Å². The Labute approximate surface area is 101 Å². The van der Waals surface area contributed by atoms with Crippen molar-refractivity contribution >= 4 is 22.7 Å². The van der Waals surface area contributed by atoms with Gasteiger partial charge in [-0.15, -0.1) is 11.3 Å². The van der Waals surface area contributed by atoms with Crippen molar-refractivity contribution in [3.05, 3.63) is 40.4 Å². The van der Waals surface area contributed by atoms with Gasteiger partial charge < -0.3 is 11.1 Å². The van der Waals surface area contributed by atoms with Gasteiger partial charge in [-0.25, -0.2) is 13.8 Å². The van der Waals surface area contributed by atoms with Crippen LogP contribution in [-0.2, 0) is 0 Å². The van der Waals surface area contributed by atoms with Crippen LogP contribution in [0.4, 0.5) is 20.2 Å². The van der Waals surface area contributed by atoms with Crippen LogP contribution in [0, 0.1) is 11.6 Å². The number of rotatable bonds is 3. The van der Waals surface area contributed by atoms with E-state index < -0.39 is 11.6 Å². The minimum Gasteiger partial charge on any atom is -0.397 e. The molecule has 0 saturated carbocycles. The van der Waals surface area contributed by atoms with E-state index in [0.717, 1.165) is 11.1 Å². The highest BCUT2D eigenvalue weighted by atomic mass is 32.1. The van der Waals surface area contributed by atoms with Gasteiger partial charge in [0, 0.05) is 11.6 Å². The minimum absolute atomic E-state index is 0.0206. The van der Waals surface area contributed by atoms with E-state index in [1.165, 1.54) is 17.4 Å². The zero-order valence-corrected chi connectivity index (χ0v) is 9.89. The Morgan fingerprint density at radius 1 is 1.41 bits per heavy atom. The summed E-state index contributed by atoms with van der Waals surface area (Å²) in [6, 6.07) is 2.10. The van der Waals surface area contributed by atoms with E-state index in [0.29, 0.717) is 0 Å². The first-order chi connectivity index (χ1) is 8.09. The molecule has 1 aromatic heterocycles. The molecular formula is C11H11F2N3S. The van der Waals surface area contributed by atoms with Gasteiger partial charge in [0.1, 0.15) is 5.01 Å². The second-order valence-corrected chi connectivity index (χ2v) is 4.49. The fraction of sp³-hybridized carbons (Fsp3) is 0.182. The molecule has 0 amide bonds. The monoisotopic (exact) mass is 255 g/mol. The van der Waals surface area contributed by atoms with Gasteiger partial charge in [-0.2, -0.15) is 0 Å². The van der Waals surface area contributed by atoms with Crippen molar-refractivity contribution in [2.45, 2.75) is 13.0 Å². The van der Waals surface area contributed by atoms with Crippen LogP contribution in [0.2, 0.25) is 0 Å². The van der Waals surface area contributed by atoms with Gasteiger partial charge in [-0.05, 0) is 19.1 Å². The molecule has 0 bridgehead atoms. The Kier molecular flexibility index (Phi) is 3.23. The van der Waals surface area contributed by atoms with Crippen LogP contribution in [0.1, 0.15) is 18.0 Å². The summed E-state index contributed by atoms with van der Waals surface area (Å²) in [4.78, 5) is 4.09. The van der Waals surface area contributed by atoms with E-state index in [9.17, 15) is 8.78 Å². The summed E-state index contributed by atoms with van der Waals surface area (Å²) < 4.78 is 26.6. The van der Waals surface area contributed by atoms with Crippen LogP contribution in [0.3, 0.4) is 0 Å². The molecule has 0 fully saturated rings. The first-order valence-corrected chi connectivity index (χ1v) is 5.87. The number of hydrogen-bond donors (Lipinski definition) is 2. The Hall–Kier alpha value is -1.69. The summed E-state index contributed by atoms with van der Waals surface area (Å²) in [5.74, 6) is -1.89. The second-order valence-electron chi connectivity index (χ2n) is 3.56. The molecule has 0 aliphatic carbocycles. The molecular weight excluding hydrogens is 244 g/mol. The van der Waals surface area contributed by atoms with E-state index in [4.69, 9.17) is 5.73 Å². The molecule has 0 saturated heterocycles. The number of nitrogen functional groups attached to an aromatic ring is 1. The number of anilines is 2. The maximum atomic E-state index is 13.5. The Bertz CT molecular complexity index is 514. The summed E-state index contributed by atoms with van der Waals surface area (Å²) in [6.07, 6.45) is 1.66. The third-order valence-electron chi connectivity index (χ3n) is 2.31. The summed E-state index contributed by atoms with van der Waals surface area (Å²) in [5.41, 5.74) is 5.76. The van der Waals surface area contributed by atoms with Crippen molar-refractivity contribution in [2.24, 2.45) is 0 Å². The number of nitrogens with zero attached hydrogens (tertiary/aromatic N) is 1. The number of thiazole rings is 1. The van der Waals surface area contributed by atoms with E-state index in [2.05, 4.69) is 10.3 Å². The third-order valence-corrected chi connectivity index (χ3v) is 3.27. The highest BCUT2D eigenvalue weighted by Crippen LogP contribution is 2.29. The summed E-state index contributed by atoms with van der Waals surface area (Å²) in [7, 11) is 0. The van der Waals surface area contributed by atoms with Crippen molar-refractivity contribution in [1.29, 1.82) is 0 Å². The lowest BCUT2D eigenvalue weighted by molar-refractivity contribution is 0.510. The van der Waals surface area contributed by atoms with Gasteiger partial charge in [0.05, 0.1) is 17.4 Å². The summed E-state index contributed by atoms with van der Waals surface area (Å²) in [6.45, 7) is 1.81. The number of halogens is 2. The molecule has 0 aliphatic rings. The predicted molar refractivity (Wildman–Crippen MR) is 64.9 cm³/mol. The lowest BCUT2D eigenvalue weighted by atomic mass is 10.2. The van der Waals surface area contributed by atoms with Crippen LogP contribution < -0.4 is 11.1 Å². The van der Waals surface area contributed by atoms with E-state index in [1.807, 2.05) is 12.3 Å². The van der Waals surface area contributed by atoms with Crippen molar-refractivity contribution in [3.63, 3.8) is 0 Å². The molecule has 0 spiro atoms. The molecule has 90 valence electrons. The van der Waals surface area contributed by atoms with Gasteiger partial charge in [0.2, 0.25) is 0 Å². The highest BCUT2D eigenvalue weighted by molar-refractivity contribution is 7.09. The molecule has 3 nitrogen and oxygen atoms in total. The van der Waals surface area contributed by atoms with Crippen molar-refractivity contribution in [2.75, 3.05) is 11.1 Å². The van der Waals surface area contributed by atoms with Gasteiger partial charge in [-0.3, -0.25) is 0 Å². The zero-order chi connectivity index (χ0) is 12.4. The van der Waals surface area contributed by atoms with Crippen LogP contribution in [0.5, 0.6) is 0 Å². The van der Waals surface area contributed by atoms with Crippen molar-refractivity contribution in [3.8, 4) is 0 Å². The predicted octanol–water partition coefficient (Wildman–Crippen LogP) is 3.18. The normalized spacial score (nSPS) is 12.4. The Morgan fingerprint density at radius 3 is 2.82 bits per heavy atom. The van der Waals surface area contributed by atoms with Gasteiger partial charge in [0.25, 0.3) is 0 Å². The van der Waals surface area contributed by atoms with Crippen LogP contribution in [0.15, 0.2) is 23.7 Å². The van der Waals surface area contributed by atoms with E-state index in [-0.39, 0.29) is 17.4 Å². The van der Waals surface area contributed by atoms with Crippen molar-refractivity contribution < 1.29 is 8.78 Å². The topological polar surface area (TPSA) is 50.9 Å². The molecule has 1 aromatic carbocycles. The highest BCUT2D eigenvalue weighted by Gasteiger charge is 2.15. The quantitative estimate of drug-likeness (QED) is 0.828. The molecule has 1 unspecified atom stereocenters. The van der Waals surface area contributed by atoms with E-state index in [1.54, 1.807) is 6.20 Å². The molecule has 2 aromatic rings.